The zero-order chi connectivity index (χ0) is 110. The Labute approximate surface area is 907 Å². The zero-order valence-corrected chi connectivity index (χ0v) is 90.4. The van der Waals surface area contributed by atoms with E-state index >= 15 is 0 Å². The number of aromatic nitrogens is 8. The number of allylic oxidation sites excluding steroid dienone is 3. The maximum absolute atomic E-state index is 12.6. The molecule has 12 N–H and O–H groups in total. The van der Waals surface area contributed by atoms with Crippen molar-refractivity contribution in [2.45, 2.75) is 19.3 Å². The second kappa shape index (κ2) is 70.4. The first-order valence-electron chi connectivity index (χ1n) is 41.0. The molecule has 0 aliphatic carbocycles. The number of para-hydroxylation sites is 3. The Balaban J connectivity index is 0.000000860. The monoisotopic (exact) mass is 2330 g/mol. The number of aliphatic carboxylic acids is 1. The van der Waals surface area contributed by atoms with Crippen LogP contribution in [0.15, 0.2) is 270 Å². The van der Waals surface area contributed by atoms with Gasteiger partial charge < -0.3 is 68.3 Å². The molecule has 39 nitrogen and oxygen atoms in total. The Hall–Kier alpha value is -14.4. The van der Waals surface area contributed by atoms with Crippen LogP contribution < -0.4 is 43.4 Å². The number of nitrogen functional groups attached to an aromatic ring is 2. The second-order valence-corrected chi connectivity index (χ2v) is 35.5. The minimum atomic E-state index is -1.55. The number of carboxylic acid groups (broad SMARTS) is 1. The molecule has 8 aromatic carbocycles. The number of hydrogen-bond donors (Lipinski definition) is 10. The fraction of sp³-hybridized carbons (Fsp3) is 0.125. The van der Waals surface area contributed by atoms with Crippen molar-refractivity contribution < 1.29 is 77.6 Å². The number of Topliss-reactive ketones (excluding diaryl/α,β-unsaturated/α-hetero) is 4. The SMILES string of the molecule is C=CC(=O)Cc1cccc(N)c1.C=CC(=O)Cc1cccc([N+](=O)[O-])c1.C=CC(=O)Cl.C=CC(=O)Nc1cccc(Nc2ncc(Cl)c(Nc3ccccc3C(=O)C(=O)N(C)C)n2)c1.CN(C)C(=O)C(=O)c1ccccc1Cc1nc(Cl)ncc1Cl.CN(C)C(=O)C(=O)c1ccccc1Nc1nc(Cl)ncc1Cl.CNC.CO.Cl.Nc1cccc([N+](=O)[O-])c1.O=C(O)C(=O)c1ccccc1Nc1nc(Cl)ncc1Cl.[Cl][Sn][Cl]. The number of aliphatic hydroxyl groups excluding tert-OH is 1. The number of non-ortho nitro benzene ring substituents is 2. The summed E-state index contributed by atoms with van der Waals surface area (Å²) in [7, 11) is 23.7. The zero-order valence-electron chi connectivity index (χ0n) is 79.1. The number of nitro benzene ring substituents is 2. The Morgan fingerprint density at radius 2 is 0.769 bits per heavy atom. The van der Waals surface area contributed by atoms with Gasteiger partial charge in [-0.15, -0.1) is 12.4 Å². The van der Waals surface area contributed by atoms with Gasteiger partial charge in [-0.2, -0.15) is 15.0 Å². The van der Waals surface area contributed by atoms with E-state index < -0.39 is 80.8 Å². The number of hydrogen-bond acceptors (Lipinski definition) is 32. The molecule has 12 aromatic rings. The second-order valence-electron chi connectivity index (χ2n) is 28.3. The Morgan fingerprint density at radius 3 is 1.16 bits per heavy atom. The van der Waals surface area contributed by atoms with Crippen molar-refractivity contribution in [1.29, 1.82) is 0 Å². The van der Waals surface area contributed by atoms with E-state index in [9.17, 15) is 77.8 Å². The van der Waals surface area contributed by atoms with Gasteiger partial charge in [-0.05, 0) is 174 Å². The molecule has 0 aliphatic heterocycles. The van der Waals surface area contributed by atoms with Gasteiger partial charge in [0, 0.05) is 121 Å². The summed E-state index contributed by atoms with van der Waals surface area (Å²) in [6.45, 7) is 13.2. The molecule has 0 aliphatic rings. The molecular weight excluding hydrogens is 2240 g/mol. The number of aliphatic hydroxyl groups is 1. The Bertz CT molecular complexity index is 6500. The van der Waals surface area contributed by atoms with Gasteiger partial charge in [0.25, 0.3) is 52.2 Å². The fourth-order valence-electron chi connectivity index (χ4n) is 10.4. The molecule has 2 radical (unpaired) electrons. The van der Waals surface area contributed by atoms with Gasteiger partial charge in [-0.3, -0.25) is 73.0 Å². The molecule has 0 fully saturated rings. The number of rotatable bonds is 29. The van der Waals surface area contributed by atoms with E-state index in [1.54, 1.807) is 146 Å². The Kier molecular flexibility index (Phi) is 62.5. The minimum absolute atomic E-state index is 0. The van der Waals surface area contributed by atoms with Crippen LogP contribution in [0.4, 0.5) is 74.6 Å². The summed E-state index contributed by atoms with van der Waals surface area (Å²) in [5.74, 6) is -5.89. The van der Waals surface area contributed by atoms with Gasteiger partial charge in [-0.1, -0.05) is 170 Å². The summed E-state index contributed by atoms with van der Waals surface area (Å²) < 4.78 is 0. The molecule has 4 heterocycles. The summed E-state index contributed by atoms with van der Waals surface area (Å²) in [6.07, 6.45) is 11.0. The number of carbonyl (C=O) groups is 12. The quantitative estimate of drug-likeness (QED) is 0.00239. The summed E-state index contributed by atoms with van der Waals surface area (Å²) in [5.41, 5.74) is 17.6. The predicted molar refractivity (Wildman–Crippen MR) is 579 cm³/mol. The van der Waals surface area contributed by atoms with Crippen LogP contribution in [0.25, 0.3) is 0 Å². The first kappa shape index (κ1) is 131. The van der Waals surface area contributed by atoms with E-state index in [2.05, 4.69) is 98.1 Å². The number of carbonyl (C=O) groups excluding carboxylic acids is 11. The average Bonchev–Trinajstić information content (AvgIpc) is 0.829. The van der Waals surface area contributed by atoms with Gasteiger partial charge in [0.1, 0.15) is 15.1 Å². The van der Waals surface area contributed by atoms with Gasteiger partial charge in [0.2, 0.25) is 32.9 Å². The number of nitrogens with two attached hydrogens (primary N) is 2. The first-order chi connectivity index (χ1) is 69.2. The molecule has 12 rings (SSSR count). The number of carboxylic acids is 1. The maximum atomic E-state index is 12.6. The topological polar surface area (TPSA) is 569 Å². The van der Waals surface area contributed by atoms with Crippen LogP contribution in [0.2, 0.25) is 35.9 Å². The number of halogens is 11. The average molecular weight is 2340 g/mol. The van der Waals surface area contributed by atoms with Crippen LogP contribution in [0.1, 0.15) is 63.8 Å². The molecule has 4 amide bonds. The van der Waals surface area contributed by atoms with Crippen LogP contribution in [-0.4, -0.2) is 227 Å². The van der Waals surface area contributed by atoms with E-state index in [-0.39, 0.29) is 131 Å². The first-order valence-corrected chi connectivity index (χ1v) is 51.2. The molecule has 4 aromatic heterocycles. The molecule has 0 spiro atoms. The van der Waals surface area contributed by atoms with Gasteiger partial charge in [-0.25, -0.2) is 29.7 Å². The normalized spacial score (nSPS) is 9.52. The molecule has 0 atom stereocenters. The van der Waals surface area contributed by atoms with Gasteiger partial charge in [0.15, 0.2) is 29.0 Å². The molecule has 147 heavy (non-hydrogen) atoms. The van der Waals surface area contributed by atoms with E-state index in [1.165, 1.54) is 136 Å². The molecule has 772 valence electrons. The van der Waals surface area contributed by atoms with Crippen molar-refractivity contribution in [3.05, 3.63) is 370 Å². The molecule has 0 saturated carbocycles. The third-order valence-corrected chi connectivity index (χ3v) is 18.8. The summed E-state index contributed by atoms with van der Waals surface area (Å²) in [5, 5.41) is 54.0. The van der Waals surface area contributed by atoms with Crippen LogP contribution in [0.3, 0.4) is 0 Å². The Morgan fingerprint density at radius 1 is 0.429 bits per heavy atom. The van der Waals surface area contributed by atoms with Crippen molar-refractivity contribution in [2.75, 3.05) is 102 Å². The van der Waals surface area contributed by atoms with E-state index in [4.69, 9.17) is 132 Å². The molecule has 0 unspecified atom stereocenters. The summed E-state index contributed by atoms with van der Waals surface area (Å²) in [6, 6.07) is 52.2. The molecular formula is C96H94Cl11N21O18Sn. The number of amides is 4. The number of nitro groups is 2. The molecule has 0 bridgehead atoms. The van der Waals surface area contributed by atoms with E-state index in [1.807, 2.05) is 26.2 Å². The third-order valence-electron chi connectivity index (χ3n) is 16.9. The van der Waals surface area contributed by atoms with Crippen LogP contribution in [0.5, 0.6) is 0 Å². The van der Waals surface area contributed by atoms with Crippen LogP contribution >= 0.6 is 123 Å². The van der Waals surface area contributed by atoms with Crippen LogP contribution in [0, 0.1) is 20.2 Å². The number of nitrogens with one attached hydrogen (secondary N) is 6. The third kappa shape index (κ3) is 48.4. The van der Waals surface area contributed by atoms with E-state index in [0.29, 0.717) is 68.0 Å². The predicted octanol–water partition coefficient (Wildman–Crippen LogP) is 18.7. The molecule has 0 saturated heterocycles. The number of nitrogens with zero attached hydrogens (tertiary/aromatic N) is 13. The van der Waals surface area contributed by atoms with E-state index in [0.717, 1.165) is 18.7 Å². The summed E-state index contributed by atoms with van der Waals surface area (Å²) in [4.78, 5) is 193. The standard InChI is InChI=1S/C23H21ClN6O3.C15H13Cl2N3O2.C14H12Cl2N4O2.C12H7Cl2N3O3.C10H9NO3.C10H11NO.C6H6N2O2.C3H3ClO.C2H7N.CH4O.3ClH.Sn/c1-4-19(31)26-14-8-7-9-15(12-14)27-23-25-13-17(24)21(29-23)28-18-11-6-5-10-16(18)20(32)22(33)30(2)3;1-20(2)14(22)13(21)10-6-4-3-5-9(10)7-12-11(16)8-18-15(17)19-12;1-20(2)13(22)11(21)8-5-3-4-6-10(8)18-12-9(15)7-17-14(16)19-12;13-7-5-15-12(14)17-10(7)16-8-4-2-1-3-6(8)9(18)11(19)20;1-2-10(12)7-8-4-3-5-9(6-8)11(13)14;1-2-10(12)7-8-4-3-5-9(11)6-8;7-5-2-1-3-6(4-5)8(9)10;1-2-3(4)5;1-3-2;1-2;;;;/h4-13H,1H2,2-3H3,(H,26,31)(H2,25,27,28,29);3-6,8H,7H2,1-2H3;3-7H,1-2H3,(H,17,18,19);1-5H,(H,19,20)(H,15,16,17);2-6H,1,7H2;2-6H,1,7,11H2;1-4H,7H2;2H,1H2;3H,1-2H3;2H,1H3;3*1H;/q;;;;;;;;;;;;;+2/p-2. The van der Waals surface area contributed by atoms with Crippen LogP contribution in [-0.2, 0) is 57.6 Å². The number of anilines is 11. The number of benzene rings is 8. The molecule has 51 heteroatoms. The van der Waals surface area contributed by atoms with Crippen molar-refractivity contribution >= 4 is 286 Å². The van der Waals surface area contributed by atoms with Gasteiger partial charge in [0.05, 0.1) is 79.1 Å². The van der Waals surface area contributed by atoms with Crippen molar-refractivity contribution in [3.8, 4) is 0 Å². The van der Waals surface area contributed by atoms with Crippen molar-refractivity contribution in [1.82, 2.24) is 59.9 Å². The number of ketones is 6. The van der Waals surface area contributed by atoms with Gasteiger partial charge >= 0.3 is 42.7 Å². The number of likely N-dealkylation sites (N-methyl/N-ethyl adjacent to an activating group) is 3. The fourth-order valence-corrected chi connectivity index (χ4v) is 11.4. The van der Waals surface area contributed by atoms with Crippen molar-refractivity contribution in [2.24, 2.45) is 0 Å². The summed E-state index contributed by atoms with van der Waals surface area (Å²) >= 11 is 45.2. The van der Waals surface area contributed by atoms with Crippen molar-refractivity contribution in [3.63, 3.8) is 0 Å².